The Morgan fingerprint density at radius 1 is 1.10 bits per heavy atom. The average molecular weight is 420 g/mol. The minimum atomic E-state index is -3.71. The molecule has 0 aromatic heterocycles. The molecular weight excluding hydrogens is 399 g/mol. The number of amides is 1. The van der Waals surface area contributed by atoms with Gasteiger partial charge in [-0.1, -0.05) is 12.1 Å². The van der Waals surface area contributed by atoms with E-state index in [1.54, 1.807) is 6.07 Å². The third-order valence-electron chi connectivity index (χ3n) is 4.93. The van der Waals surface area contributed by atoms with Crippen LogP contribution in [0.3, 0.4) is 0 Å². The zero-order chi connectivity index (χ0) is 21.0. The van der Waals surface area contributed by atoms with Crippen molar-refractivity contribution in [1.82, 2.24) is 9.62 Å². The number of aliphatic carboxylic acids is 1. The Hall–Kier alpha value is -2.78. The van der Waals surface area contributed by atoms with Crippen molar-refractivity contribution < 1.29 is 27.5 Å². The molecule has 154 valence electrons. The maximum absolute atomic E-state index is 13.4. The van der Waals surface area contributed by atoms with Gasteiger partial charge in [0, 0.05) is 18.7 Å². The quantitative estimate of drug-likeness (QED) is 0.746. The smallest absolute Gasteiger partial charge is 0.322 e. The largest absolute Gasteiger partial charge is 0.480 e. The lowest BCUT2D eigenvalue weighted by molar-refractivity contribution is -0.135. The van der Waals surface area contributed by atoms with Crippen LogP contribution in [0.25, 0.3) is 0 Å². The molecule has 2 aromatic rings. The molecule has 29 heavy (non-hydrogen) atoms. The second-order valence-electron chi connectivity index (χ2n) is 6.83. The van der Waals surface area contributed by atoms with E-state index in [1.807, 2.05) is 6.07 Å². The number of benzene rings is 2. The van der Waals surface area contributed by atoms with Crippen LogP contribution in [-0.4, -0.2) is 49.3 Å². The number of hydrogen-bond acceptors (Lipinski definition) is 4. The van der Waals surface area contributed by atoms with Gasteiger partial charge in [0.25, 0.3) is 5.91 Å². The van der Waals surface area contributed by atoms with Gasteiger partial charge < -0.3 is 10.4 Å². The zero-order valence-corrected chi connectivity index (χ0v) is 16.4. The summed E-state index contributed by atoms with van der Waals surface area (Å²) in [6.45, 7) is 0.133. The second kappa shape index (κ2) is 8.71. The van der Waals surface area contributed by atoms with Crippen LogP contribution in [0.2, 0.25) is 0 Å². The molecule has 7 nitrogen and oxygen atoms in total. The molecule has 0 unspecified atom stereocenters. The Morgan fingerprint density at radius 2 is 1.76 bits per heavy atom. The first-order valence-electron chi connectivity index (χ1n) is 9.13. The number of carboxylic acid groups (broad SMARTS) is 1. The van der Waals surface area contributed by atoms with Gasteiger partial charge in [0.2, 0.25) is 10.0 Å². The van der Waals surface area contributed by atoms with Crippen molar-refractivity contribution in [3.8, 4) is 0 Å². The first-order valence-corrected chi connectivity index (χ1v) is 10.6. The average Bonchev–Trinajstić information content (AvgIpc) is 2.72. The number of piperidine rings is 1. The van der Waals surface area contributed by atoms with Crippen molar-refractivity contribution in [3.05, 3.63) is 65.5 Å². The van der Waals surface area contributed by atoms with E-state index in [4.69, 9.17) is 5.11 Å². The fourth-order valence-corrected chi connectivity index (χ4v) is 4.85. The van der Waals surface area contributed by atoms with Gasteiger partial charge in [-0.15, -0.1) is 0 Å². The molecule has 1 fully saturated rings. The van der Waals surface area contributed by atoms with Crippen LogP contribution in [0.5, 0.6) is 0 Å². The molecular formula is C20H21FN2O5S. The Kier molecular flexibility index (Phi) is 6.29. The van der Waals surface area contributed by atoms with Crippen LogP contribution in [0, 0.1) is 5.82 Å². The molecule has 1 aliphatic heterocycles. The molecule has 0 spiro atoms. The summed E-state index contributed by atoms with van der Waals surface area (Å²) < 4.78 is 40.6. The van der Waals surface area contributed by atoms with Crippen LogP contribution in [-0.2, 0) is 14.8 Å². The maximum atomic E-state index is 13.4. The van der Waals surface area contributed by atoms with Crippen molar-refractivity contribution in [1.29, 1.82) is 0 Å². The zero-order valence-electron chi connectivity index (χ0n) is 15.5. The van der Waals surface area contributed by atoms with Crippen LogP contribution in [0.4, 0.5) is 4.39 Å². The molecule has 9 heteroatoms. The number of halogens is 1. The SMILES string of the molecule is O=C(O)CNC(=O)c1ccc(S(=O)(=O)N2CCC(c3cccc(F)c3)CC2)cc1. The number of rotatable bonds is 6. The molecule has 0 bridgehead atoms. The van der Waals surface area contributed by atoms with Gasteiger partial charge in [-0.2, -0.15) is 4.31 Å². The number of carbonyl (C=O) groups is 2. The number of nitrogens with one attached hydrogen (secondary N) is 1. The summed E-state index contributed by atoms with van der Waals surface area (Å²) in [5, 5.41) is 10.8. The lowest BCUT2D eigenvalue weighted by Gasteiger charge is -2.31. The normalized spacial score (nSPS) is 15.8. The third-order valence-corrected chi connectivity index (χ3v) is 6.84. The summed E-state index contributed by atoms with van der Waals surface area (Å²) in [7, 11) is -3.71. The lowest BCUT2D eigenvalue weighted by atomic mass is 9.90. The topological polar surface area (TPSA) is 104 Å². The molecule has 0 atom stereocenters. The van der Waals surface area contributed by atoms with E-state index in [1.165, 1.54) is 40.7 Å². The monoisotopic (exact) mass is 420 g/mol. The molecule has 1 heterocycles. The van der Waals surface area contributed by atoms with E-state index >= 15 is 0 Å². The molecule has 0 aliphatic carbocycles. The fourth-order valence-electron chi connectivity index (χ4n) is 3.38. The molecule has 1 saturated heterocycles. The van der Waals surface area contributed by atoms with Gasteiger partial charge in [0.1, 0.15) is 12.4 Å². The molecule has 1 amide bonds. The van der Waals surface area contributed by atoms with E-state index in [-0.39, 0.29) is 22.2 Å². The highest BCUT2D eigenvalue weighted by Crippen LogP contribution is 2.31. The highest BCUT2D eigenvalue weighted by Gasteiger charge is 2.30. The second-order valence-corrected chi connectivity index (χ2v) is 8.77. The van der Waals surface area contributed by atoms with Gasteiger partial charge in [-0.25, -0.2) is 12.8 Å². The Morgan fingerprint density at radius 3 is 2.34 bits per heavy atom. The molecule has 0 radical (unpaired) electrons. The van der Waals surface area contributed by atoms with Gasteiger partial charge in [0.05, 0.1) is 4.90 Å². The van der Waals surface area contributed by atoms with Crippen molar-refractivity contribution in [3.63, 3.8) is 0 Å². The van der Waals surface area contributed by atoms with Gasteiger partial charge in [-0.05, 0) is 60.7 Å². The first-order chi connectivity index (χ1) is 13.8. The Labute approximate surface area is 168 Å². The van der Waals surface area contributed by atoms with Crippen LogP contribution < -0.4 is 5.32 Å². The van der Waals surface area contributed by atoms with Crippen molar-refractivity contribution in [2.75, 3.05) is 19.6 Å². The van der Waals surface area contributed by atoms with Gasteiger partial charge in [-0.3, -0.25) is 9.59 Å². The summed E-state index contributed by atoms with van der Waals surface area (Å²) in [5.74, 6) is -1.95. The number of carboxylic acids is 1. The molecule has 2 N–H and O–H groups in total. The summed E-state index contributed by atoms with van der Waals surface area (Å²) >= 11 is 0. The summed E-state index contributed by atoms with van der Waals surface area (Å²) in [5.41, 5.74) is 1.05. The summed E-state index contributed by atoms with van der Waals surface area (Å²) in [6, 6.07) is 11.8. The number of nitrogens with zero attached hydrogens (tertiary/aromatic N) is 1. The number of sulfonamides is 1. The molecule has 3 rings (SSSR count). The number of hydrogen-bond donors (Lipinski definition) is 2. The van der Waals surface area contributed by atoms with E-state index in [2.05, 4.69) is 5.32 Å². The van der Waals surface area contributed by atoms with Gasteiger partial charge in [0.15, 0.2) is 0 Å². The fraction of sp³-hybridized carbons (Fsp3) is 0.300. The Bertz CT molecular complexity index is 1000. The first kappa shape index (κ1) is 20.9. The van der Waals surface area contributed by atoms with E-state index < -0.39 is 28.4 Å². The summed E-state index contributed by atoms with van der Waals surface area (Å²) in [6.07, 6.45) is 1.19. The van der Waals surface area contributed by atoms with E-state index in [0.29, 0.717) is 25.9 Å². The minimum absolute atomic E-state index is 0.0662. The third kappa shape index (κ3) is 4.99. The summed E-state index contributed by atoms with van der Waals surface area (Å²) in [4.78, 5) is 22.4. The van der Waals surface area contributed by atoms with Gasteiger partial charge >= 0.3 is 5.97 Å². The van der Waals surface area contributed by atoms with Crippen LogP contribution in [0.15, 0.2) is 53.4 Å². The van der Waals surface area contributed by atoms with Crippen molar-refractivity contribution >= 4 is 21.9 Å². The lowest BCUT2D eigenvalue weighted by Crippen LogP contribution is -2.38. The predicted molar refractivity (Wildman–Crippen MR) is 104 cm³/mol. The van der Waals surface area contributed by atoms with Crippen LogP contribution in [0.1, 0.15) is 34.7 Å². The minimum Gasteiger partial charge on any atom is -0.480 e. The Balaban J connectivity index is 1.65. The predicted octanol–water partition coefficient (Wildman–Crippen LogP) is 2.21. The molecule has 0 saturated carbocycles. The van der Waals surface area contributed by atoms with Crippen molar-refractivity contribution in [2.45, 2.75) is 23.7 Å². The highest BCUT2D eigenvalue weighted by molar-refractivity contribution is 7.89. The molecule has 1 aliphatic rings. The van der Waals surface area contributed by atoms with E-state index in [9.17, 15) is 22.4 Å². The highest BCUT2D eigenvalue weighted by atomic mass is 32.2. The molecule has 2 aromatic carbocycles. The van der Waals surface area contributed by atoms with Crippen LogP contribution >= 0.6 is 0 Å². The van der Waals surface area contributed by atoms with E-state index in [0.717, 1.165) is 5.56 Å². The maximum Gasteiger partial charge on any atom is 0.322 e. The number of carbonyl (C=O) groups excluding carboxylic acids is 1. The standard InChI is InChI=1S/C20H21FN2O5S/c21-17-3-1-2-16(12-17)14-8-10-23(11-9-14)29(27,28)18-6-4-15(5-7-18)20(26)22-13-19(24)25/h1-7,12,14H,8-11,13H2,(H,22,26)(H,24,25). The van der Waals surface area contributed by atoms with Crippen molar-refractivity contribution in [2.24, 2.45) is 0 Å².